The minimum atomic E-state index is -0.0818. The third-order valence-electron chi connectivity index (χ3n) is 4.07. The van der Waals surface area contributed by atoms with Crippen molar-refractivity contribution >= 4 is 17.6 Å². The summed E-state index contributed by atoms with van der Waals surface area (Å²) in [5.74, 6) is 0.586. The van der Waals surface area contributed by atoms with E-state index in [0.29, 0.717) is 18.9 Å². The Morgan fingerprint density at radius 1 is 1.27 bits per heavy atom. The van der Waals surface area contributed by atoms with Gasteiger partial charge >= 0.3 is 0 Å². The van der Waals surface area contributed by atoms with Crippen LogP contribution in [0.1, 0.15) is 31.0 Å². The highest BCUT2D eigenvalue weighted by molar-refractivity contribution is 5.93. The second-order valence-electron chi connectivity index (χ2n) is 6.49. The molecule has 0 aliphatic rings. The smallest absolute Gasteiger partial charge is 0.244 e. The Morgan fingerprint density at radius 2 is 2.08 bits per heavy atom. The number of guanidine groups is 1. The normalized spacial score (nSPS) is 11.5. The molecule has 138 valence electrons. The van der Waals surface area contributed by atoms with Crippen LogP contribution in [0, 0.1) is 0 Å². The summed E-state index contributed by atoms with van der Waals surface area (Å²) in [6, 6.07) is 13.8. The van der Waals surface area contributed by atoms with E-state index in [9.17, 15) is 4.79 Å². The first kappa shape index (κ1) is 19.4. The van der Waals surface area contributed by atoms with Crippen molar-refractivity contribution in [3.05, 3.63) is 59.9 Å². The van der Waals surface area contributed by atoms with Gasteiger partial charge in [-0.3, -0.25) is 9.78 Å². The molecule has 6 nitrogen and oxygen atoms in total. The number of aromatic nitrogens is 1. The van der Waals surface area contributed by atoms with Crippen LogP contribution in [-0.4, -0.2) is 41.9 Å². The molecule has 1 amide bonds. The number of benzene rings is 1. The number of amides is 1. The molecule has 0 bridgehead atoms. The molecule has 1 aromatic heterocycles. The number of aliphatic imine (C=N–C) groups is 1. The number of nitrogens with two attached hydrogens (primary N) is 1. The molecule has 26 heavy (non-hydrogen) atoms. The van der Waals surface area contributed by atoms with E-state index in [-0.39, 0.29) is 18.4 Å². The lowest BCUT2D eigenvalue weighted by atomic mass is 10.0. The number of hydrogen-bond donors (Lipinski definition) is 2. The van der Waals surface area contributed by atoms with Crippen molar-refractivity contribution in [2.75, 3.05) is 25.5 Å². The second-order valence-corrected chi connectivity index (χ2v) is 6.49. The van der Waals surface area contributed by atoms with Crippen LogP contribution in [0.2, 0.25) is 0 Å². The molecule has 0 spiro atoms. The zero-order chi connectivity index (χ0) is 18.9. The van der Waals surface area contributed by atoms with Gasteiger partial charge in [0.15, 0.2) is 5.96 Å². The topological polar surface area (TPSA) is 83.6 Å². The third kappa shape index (κ3) is 6.20. The first-order valence-electron chi connectivity index (χ1n) is 8.76. The van der Waals surface area contributed by atoms with E-state index in [1.807, 2.05) is 36.4 Å². The van der Waals surface area contributed by atoms with Crippen molar-refractivity contribution < 1.29 is 4.79 Å². The van der Waals surface area contributed by atoms with Gasteiger partial charge in [0, 0.05) is 37.6 Å². The maximum Gasteiger partial charge on any atom is 0.244 e. The van der Waals surface area contributed by atoms with E-state index >= 15 is 0 Å². The molecule has 0 saturated heterocycles. The van der Waals surface area contributed by atoms with E-state index in [1.54, 1.807) is 18.1 Å². The van der Waals surface area contributed by atoms with Crippen molar-refractivity contribution in [1.29, 1.82) is 0 Å². The summed E-state index contributed by atoms with van der Waals surface area (Å²) in [4.78, 5) is 22.2. The summed E-state index contributed by atoms with van der Waals surface area (Å²) in [6.07, 6.45) is 2.46. The summed E-state index contributed by atoms with van der Waals surface area (Å²) in [7, 11) is 1.76. The Labute approximate surface area is 155 Å². The van der Waals surface area contributed by atoms with Gasteiger partial charge in [0.05, 0.1) is 0 Å². The van der Waals surface area contributed by atoms with Crippen LogP contribution in [0.5, 0.6) is 0 Å². The maximum absolute atomic E-state index is 12.2. The standard InChI is InChI=1S/C20H27N5O/c1-15(2)16-7-6-9-18(13-16)24-20(21)23-14-19(26)25(3)12-10-17-8-4-5-11-22-17/h4-9,11,13,15H,10,12,14H2,1-3H3,(H3,21,23,24). The molecule has 0 aliphatic heterocycles. The minimum Gasteiger partial charge on any atom is -0.370 e. The number of hydrogen-bond acceptors (Lipinski definition) is 3. The van der Waals surface area contributed by atoms with Crippen molar-refractivity contribution in [2.45, 2.75) is 26.2 Å². The average molecular weight is 353 g/mol. The first-order chi connectivity index (χ1) is 12.5. The van der Waals surface area contributed by atoms with Gasteiger partial charge in [-0.05, 0) is 35.7 Å². The van der Waals surface area contributed by atoms with Crippen LogP contribution in [0.3, 0.4) is 0 Å². The fourth-order valence-corrected chi connectivity index (χ4v) is 2.39. The van der Waals surface area contributed by atoms with Crippen LogP contribution in [0.25, 0.3) is 0 Å². The molecule has 0 fully saturated rings. The zero-order valence-corrected chi connectivity index (χ0v) is 15.6. The number of anilines is 1. The van der Waals surface area contributed by atoms with E-state index < -0.39 is 0 Å². The molecule has 0 atom stereocenters. The second kappa shape index (κ2) is 9.56. The van der Waals surface area contributed by atoms with Crippen LogP contribution in [-0.2, 0) is 11.2 Å². The molecule has 2 rings (SSSR count). The number of likely N-dealkylation sites (N-methyl/N-ethyl adjacent to an activating group) is 1. The number of pyridine rings is 1. The zero-order valence-electron chi connectivity index (χ0n) is 15.6. The quantitative estimate of drug-likeness (QED) is 0.592. The lowest BCUT2D eigenvalue weighted by molar-refractivity contribution is -0.128. The molecule has 2 aromatic rings. The van der Waals surface area contributed by atoms with E-state index in [0.717, 1.165) is 11.4 Å². The number of nitrogens with one attached hydrogen (secondary N) is 1. The van der Waals surface area contributed by atoms with Gasteiger partial charge in [-0.2, -0.15) is 0 Å². The Hall–Kier alpha value is -2.89. The maximum atomic E-state index is 12.2. The Balaban J connectivity index is 1.83. The summed E-state index contributed by atoms with van der Waals surface area (Å²) in [5.41, 5.74) is 8.95. The van der Waals surface area contributed by atoms with Gasteiger partial charge in [-0.15, -0.1) is 0 Å². The molecule has 1 heterocycles. The third-order valence-corrected chi connectivity index (χ3v) is 4.07. The number of rotatable bonds is 7. The monoisotopic (exact) mass is 353 g/mol. The van der Waals surface area contributed by atoms with Crippen LogP contribution < -0.4 is 11.1 Å². The van der Waals surface area contributed by atoms with Gasteiger partial charge in [0.1, 0.15) is 6.54 Å². The Bertz CT molecular complexity index is 743. The Morgan fingerprint density at radius 3 is 2.77 bits per heavy atom. The van der Waals surface area contributed by atoms with Gasteiger partial charge in [-0.25, -0.2) is 4.99 Å². The molecular weight excluding hydrogens is 326 g/mol. The van der Waals surface area contributed by atoms with Crippen LogP contribution in [0.15, 0.2) is 53.7 Å². The van der Waals surface area contributed by atoms with Crippen molar-refractivity contribution in [1.82, 2.24) is 9.88 Å². The number of carbonyl (C=O) groups is 1. The molecule has 1 aromatic carbocycles. The molecule has 0 radical (unpaired) electrons. The van der Waals surface area contributed by atoms with E-state index in [1.165, 1.54) is 5.56 Å². The SMILES string of the molecule is CC(C)c1cccc(NC(N)=NCC(=O)N(C)CCc2ccccn2)c1. The summed E-state index contributed by atoms with van der Waals surface area (Å²) >= 11 is 0. The van der Waals surface area contributed by atoms with Gasteiger partial charge in [-0.1, -0.05) is 32.0 Å². The molecule has 0 aliphatic carbocycles. The highest BCUT2D eigenvalue weighted by Gasteiger charge is 2.09. The Kier molecular flexibility index (Phi) is 7.14. The molecule has 0 saturated carbocycles. The predicted octanol–water partition coefficient (Wildman–Crippen LogP) is 2.63. The lowest BCUT2D eigenvalue weighted by Gasteiger charge is -2.16. The fraction of sp³-hybridized carbons (Fsp3) is 0.350. The number of carbonyl (C=O) groups excluding carboxylic acids is 1. The van der Waals surface area contributed by atoms with E-state index in [4.69, 9.17) is 5.73 Å². The lowest BCUT2D eigenvalue weighted by Crippen LogP contribution is -2.32. The summed E-state index contributed by atoms with van der Waals surface area (Å²) in [6.45, 7) is 4.88. The predicted molar refractivity (Wildman–Crippen MR) is 106 cm³/mol. The first-order valence-corrected chi connectivity index (χ1v) is 8.76. The van der Waals surface area contributed by atoms with E-state index in [2.05, 4.69) is 35.2 Å². The molecule has 3 N–H and O–H groups in total. The van der Waals surface area contributed by atoms with Gasteiger partial charge in [0.25, 0.3) is 0 Å². The van der Waals surface area contributed by atoms with Crippen LogP contribution in [0.4, 0.5) is 5.69 Å². The van der Waals surface area contributed by atoms with Crippen molar-refractivity contribution in [2.24, 2.45) is 10.7 Å². The molecule has 0 unspecified atom stereocenters. The van der Waals surface area contributed by atoms with Crippen molar-refractivity contribution in [3.8, 4) is 0 Å². The van der Waals surface area contributed by atoms with Gasteiger partial charge < -0.3 is 16.0 Å². The average Bonchev–Trinajstić information content (AvgIpc) is 2.65. The summed E-state index contributed by atoms with van der Waals surface area (Å²) in [5, 5.41) is 3.04. The molecular formula is C20H27N5O. The van der Waals surface area contributed by atoms with Gasteiger partial charge in [0.2, 0.25) is 5.91 Å². The largest absolute Gasteiger partial charge is 0.370 e. The summed E-state index contributed by atoms with van der Waals surface area (Å²) < 4.78 is 0. The highest BCUT2D eigenvalue weighted by atomic mass is 16.2. The van der Waals surface area contributed by atoms with Crippen LogP contribution >= 0.6 is 0 Å². The fourth-order valence-electron chi connectivity index (χ4n) is 2.39. The van der Waals surface area contributed by atoms with Crippen molar-refractivity contribution in [3.63, 3.8) is 0 Å². The minimum absolute atomic E-state index is 0.0153. The molecule has 6 heteroatoms. The highest BCUT2D eigenvalue weighted by Crippen LogP contribution is 2.18. The number of nitrogens with zero attached hydrogens (tertiary/aromatic N) is 3.